The van der Waals surface area contributed by atoms with Gasteiger partial charge in [0.2, 0.25) is 0 Å². The molecule has 0 saturated heterocycles. The molecule has 1 aromatic heterocycles. The fourth-order valence-electron chi connectivity index (χ4n) is 2.13. The van der Waals surface area contributed by atoms with Crippen molar-refractivity contribution in [2.45, 2.75) is 46.8 Å². The van der Waals surface area contributed by atoms with Gasteiger partial charge < -0.3 is 5.11 Å². The molecule has 0 unspecified atom stereocenters. The van der Waals surface area contributed by atoms with Gasteiger partial charge in [-0.05, 0) is 57.9 Å². The lowest BCUT2D eigenvalue weighted by molar-refractivity contribution is 0.0570. The van der Waals surface area contributed by atoms with Crippen LogP contribution in [0.2, 0.25) is 0 Å². The number of halogens is 1. The van der Waals surface area contributed by atoms with E-state index in [0.29, 0.717) is 12.4 Å². The maximum Gasteiger partial charge on any atom is 0.181 e. The Labute approximate surface area is 128 Å². The van der Waals surface area contributed by atoms with Crippen molar-refractivity contribution < 1.29 is 5.11 Å². The van der Waals surface area contributed by atoms with Gasteiger partial charge in [0, 0.05) is 10.0 Å². The average molecular weight is 338 g/mol. The summed E-state index contributed by atoms with van der Waals surface area (Å²) >= 11 is 3.57. The van der Waals surface area contributed by atoms with Gasteiger partial charge in [0.05, 0.1) is 12.1 Å². The highest BCUT2D eigenvalue weighted by Crippen LogP contribution is 2.27. The van der Waals surface area contributed by atoms with E-state index in [2.05, 4.69) is 52.0 Å². The molecule has 0 fully saturated rings. The maximum atomic E-state index is 9.91. The zero-order valence-electron chi connectivity index (χ0n) is 12.5. The molecule has 2 aromatic rings. The zero-order chi connectivity index (χ0) is 15.1. The van der Waals surface area contributed by atoms with Gasteiger partial charge in [0.1, 0.15) is 5.82 Å². The lowest BCUT2D eigenvalue weighted by atomic mass is 10.1. The van der Waals surface area contributed by atoms with Gasteiger partial charge >= 0.3 is 0 Å². The van der Waals surface area contributed by atoms with Crippen LogP contribution in [-0.4, -0.2) is 25.5 Å². The van der Waals surface area contributed by atoms with E-state index in [1.54, 1.807) is 18.5 Å². The van der Waals surface area contributed by atoms with Gasteiger partial charge in [-0.15, -0.1) is 0 Å². The summed E-state index contributed by atoms with van der Waals surface area (Å²) in [6, 6.07) is 4.14. The van der Waals surface area contributed by atoms with E-state index in [-0.39, 0.29) is 0 Å². The molecular weight excluding hydrogens is 318 g/mol. The fourth-order valence-corrected chi connectivity index (χ4v) is 2.36. The third-order valence-electron chi connectivity index (χ3n) is 3.09. The van der Waals surface area contributed by atoms with E-state index >= 15 is 0 Å². The first-order chi connectivity index (χ1) is 9.17. The smallest absolute Gasteiger partial charge is 0.181 e. The summed E-state index contributed by atoms with van der Waals surface area (Å²) in [5.74, 6) is 1.51. The van der Waals surface area contributed by atoms with Crippen LogP contribution in [0.5, 0.6) is 0 Å². The quantitative estimate of drug-likeness (QED) is 0.933. The zero-order valence-corrected chi connectivity index (χ0v) is 14.1. The third kappa shape index (κ3) is 3.27. The standard InChI is InChI=1S/C15H20BrN3O/c1-9-6-12(7-10(2)13(9)16)14-17-11(3)19(18-14)8-15(4,5)20/h6-7,20H,8H2,1-5H3. The summed E-state index contributed by atoms with van der Waals surface area (Å²) in [4.78, 5) is 4.50. The van der Waals surface area contributed by atoms with Crippen LogP contribution in [0.15, 0.2) is 16.6 Å². The first kappa shape index (κ1) is 15.2. The molecule has 0 spiro atoms. The molecule has 0 radical (unpaired) electrons. The summed E-state index contributed by atoms with van der Waals surface area (Å²) in [6.07, 6.45) is 0. The Balaban J connectivity index is 2.42. The Morgan fingerprint density at radius 1 is 1.20 bits per heavy atom. The molecule has 0 saturated carbocycles. The number of hydrogen-bond acceptors (Lipinski definition) is 3. The molecule has 4 nitrogen and oxygen atoms in total. The summed E-state index contributed by atoms with van der Waals surface area (Å²) in [5.41, 5.74) is 2.52. The van der Waals surface area contributed by atoms with Crippen LogP contribution in [0, 0.1) is 20.8 Å². The molecule has 0 amide bonds. The van der Waals surface area contributed by atoms with Gasteiger partial charge in [-0.3, -0.25) is 0 Å². The summed E-state index contributed by atoms with van der Waals surface area (Å²) in [5, 5.41) is 14.4. The van der Waals surface area contributed by atoms with E-state index in [4.69, 9.17) is 0 Å². The predicted molar refractivity (Wildman–Crippen MR) is 83.7 cm³/mol. The van der Waals surface area contributed by atoms with Crippen LogP contribution in [0.3, 0.4) is 0 Å². The number of hydrogen-bond donors (Lipinski definition) is 1. The molecule has 1 aromatic carbocycles. The lowest BCUT2D eigenvalue weighted by Crippen LogP contribution is -2.27. The Kier molecular flexibility index (Phi) is 4.02. The van der Waals surface area contributed by atoms with Crippen molar-refractivity contribution in [2.75, 3.05) is 0 Å². The van der Waals surface area contributed by atoms with Crippen LogP contribution in [0.1, 0.15) is 30.8 Å². The van der Waals surface area contributed by atoms with Gasteiger partial charge in [-0.1, -0.05) is 15.9 Å². The SMILES string of the molecule is Cc1cc(-c2nc(C)n(CC(C)(C)O)n2)cc(C)c1Br. The monoisotopic (exact) mass is 337 g/mol. The highest BCUT2D eigenvalue weighted by atomic mass is 79.9. The maximum absolute atomic E-state index is 9.91. The molecule has 0 bridgehead atoms. The van der Waals surface area contributed by atoms with Crippen molar-refractivity contribution in [2.24, 2.45) is 0 Å². The van der Waals surface area contributed by atoms with Crippen LogP contribution in [-0.2, 0) is 6.54 Å². The number of benzene rings is 1. The summed E-state index contributed by atoms with van der Waals surface area (Å²) in [6.45, 7) is 9.98. The van der Waals surface area contributed by atoms with E-state index < -0.39 is 5.60 Å². The van der Waals surface area contributed by atoms with Gasteiger partial charge in [0.25, 0.3) is 0 Å². The number of aryl methyl sites for hydroxylation is 3. The van der Waals surface area contributed by atoms with E-state index in [9.17, 15) is 5.11 Å². The van der Waals surface area contributed by atoms with Crippen molar-refractivity contribution in [1.82, 2.24) is 14.8 Å². The van der Waals surface area contributed by atoms with E-state index in [0.717, 1.165) is 27.0 Å². The second kappa shape index (κ2) is 5.30. The molecule has 1 heterocycles. The van der Waals surface area contributed by atoms with Crippen molar-refractivity contribution >= 4 is 15.9 Å². The molecule has 0 atom stereocenters. The molecule has 5 heteroatoms. The summed E-state index contributed by atoms with van der Waals surface area (Å²) < 4.78 is 2.87. The molecule has 1 N–H and O–H groups in total. The minimum atomic E-state index is -0.804. The molecule has 108 valence electrons. The molecule has 0 aliphatic heterocycles. The first-order valence-corrected chi connectivity index (χ1v) is 7.37. The number of aliphatic hydroxyl groups is 1. The molecule has 2 rings (SSSR count). The summed E-state index contributed by atoms with van der Waals surface area (Å²) in [7, 11) is 0. The first-order valence-electron chi connectivity index (χ1n) is 6.58. The Bertz CT molecular complexity index is 618. The Morgan fingerprint density at radius 2 is 1.75 bits per heavy atom. The number of aromatic nitrogens is 3. The second-order valence-electron chi connectivity index (χ2n) is 5.88. The molecule has 20 heavy (non-hydrogen) atoms. The number of nitrogens with zero attached hydrogens (tertiary/aromatic N) is 3. The average Bonchev–Trinajstić information content (AvgIpc) is 2.65. The minimum Gasteiger partial charge on any atom is -0.389 e. The highest BCUT2D eigenvalue weighted by Gasteiger charge is 2.18. The van der Waals surface area contributed by atoms with Gasteiger partial charge in [-0.2, -0.15) is 5.10 Å². The van der Waals surface area contributed by atoms with Crippen molar-refractivity contribution in [3.05, 3.63) is 33.6 Å². The highest BCUT2D eigenvalue weighted by molar-refractivity contribution is 9.10. The lowest BCUT2D eigenvalue weighted by Gasteiger charge is -2.17. The largest absolute Gasteiger partial charge is 0.389 e. The minimum absolute atomic E-state index is 0.431. The van der Waals surface area contributed by atoms with Crippen LogP contribution in [0.25, 0.3) is 11.4 Å². The van der Waals surface area contributed by atoms with E-state index in [1.165, 1.54) is 0 Å². The number of rotatable bonds is 3. The van der Waals surface area contributed by atoms with Gasteiger partial charge in [0.15, 0.2) is 5.82 Å². The Hall–Kier alpha value is -1.20. The van der Waals surface area contributed by atoms with Gasteiger partial charge in [-0.25, -0.2) is 9.67 Å². The van der Waals surface area contributed by atoms with Crippen LogP contribution < -0.4 is 0 Å². The van der Waals surface area contributed by atoms with Crippen LogP contribution >= 0.6 is 15.9 Å². The molecule has 0 aliphatic rings. The van der Waals surface area contributed by atoms with Crippen molar-refractivity contribution in [1.29, 1.82) is 0 Å². The Morgan fingerprint density at radius 3 is 2.25 bits per heavy atom. The van der Waals surface area contributed by atoms with Crippen molar-refractivity contribution in [3.8, 4) is 11.4 Å². The molecular formula is C15H20BrN3O. The third-order valence-corrected chi connectivity index (χ3v) is 4.34. The predicted octanol–water partition coefficient (Wildman–Crippen LogP) is 3.40. The topological polar surface area (TPSA) is 50.9 Å². The second-order valence-corrected chi connectivity index (χ2v) is 6.67. The van der Waals surface area contributed by atoms with Crippen LogP contribution in [0.4, 0.5) is 0 Å². The normalized spacial score (nSPS) is 11.9. The van der Waals surface area contributed by atoms with E-state index in [1.807, 2.05) is 6.92 Å². The molecule has 0 aliphatic carbocycles. The van der Waals surface area contributed by atoms with Crippen molar-refractivity contribution in [3.63, 3.8) is 0 Å². The fraction of sp³-hybridized carbons (Fsp3) is 0.467.